The number of nitrogens with two attached hydrogens (primary N) is 1. The van der Waals surface area contributed by atoms with Crippen LogP contribution in [0.4, 0.5) is 8.78 Å². The molecule has 20 heavy (non-hydrogen) atoms. The monoisotopic (exact) mass is 364 g/mol. The van der Waals surface area contributed by atoms with Crippen molar-refractivity contribution < 1.29 is 18.7 Å². The number of hydrogen-bond donors (Lipinski definition) is 2. The van der Waals surface area contributed by atoms with E-state index in [4.69, 9.17) is 22.4 Å². The molecule has 0 spiro atoms. The zero-order valence-electron chi connectivity index (χ0n) is 9.78. The van der Waals surface area contributed by atoms with Crippen molar-refractivity contribution in [2.75, 3.05) is 0 Å². The van der Waals surface area contributed by atoms with Crippen molar-refractivity contribution in [2.24, 2.45) is 10.7 Å². The Kier molecular flexibility index (Phi) is 4.22. The molecule has 1 aromatic carbocycles. The molecule has 0 aromatic heterocycles. The van der Waals surface area contributed by atoms with E-state index < -0.39 is 34.7 Å². The molecule has 3 N–H and O–H groups in total. The minimum Gasteiger partial charge on any atom is -0.476 e. The first-order valence-corrected chi connectivity index (χ1v) is 6.56. The van der Waals surface area contributed by atoms with Crippen LogP contribution in [0.3, 0.4) is 0 Å². The van der Waals surface area contributed by atoms with Gasteiger partial charge in [-0.15, -0.1) is 0 Å². The van der Waals surface area contributed by atoms with Crippen LogP contribution in [0.5, 0.6) is 0 Å². The normalized spacial score (nSPS) is 22.8. The highest BCUT2D eigenvalue weighted by Gasteiger charge is 2.35. The van der Waals surface area contributed by atoms with Crippen LogP contribution in [0.25, 0.3) is 0 Å². The first-order valence-electron chi connectivity index (χ1n) is 5.39. The number of alkyl halides is 1. The maximum absolute atomic E-state index is 14.1. The van der Waals surface area contributed by atoms with Gasteiger partial charge in [0.05, 0.1) is 16.8 Å². The lowest BCUT2D eigenvalue weighted by molar-refractivity contribution is -0.132. The standard InChI is InChI=1S/C12H8BrClF2N2O2/c13-4-1-2-5(6(15)3-4)10-8(16)9(17)7(14)11(18-10)12(19)20/h1-3,8-9H,17H2,(H,19,20). The molecule has 8 heteroatoms. The molecular formula is C12H8BrClF2N2O2. The molecule has 1 heterocycles. The van der Waals surface area contributed by atoms with Gasteiger partial charge in [0.25, 0.3) is 0 Å². The minimum atomic E-state index is -1.89. The Bertz CT molecular complexity index is 648. The lowest BCUT2D eigenvalue weighted by Crippen LogP contribution is -2.42. The summed E-state index contributed by atoms with van der Waals surface area (Å²) in [7, 11) is 0. The predicted octanol–water partition coefficient (Wildman–Crippen LogP) is 2.59. The van der Waals surface area contributed by atoms with Crippen LogP contribution in [0.2, 0.25) is 0 Å². The zero-order chi connectivity index (χ0) is 15.0. The Labute approximate surface area is 126 Å². The number of rotatable bonds is 2. The fourth-order valence-electron chi connectivity index (χ4n) is 1.75. The molecule has 2 atom stereocenters. The fourth-order valence-corrected chi connectivity index (χ4v) is 2.31. The van der Waals surface area contributed by atoms with Crippen LogP contribution in [0.15, 0.2) is 38.4 Å². The van der Waals surface area contributed by atoms with E-state index in [1.54, 1.807) is 0 Å². The van der Waals surface area contributed by atoms with Gasteiger partial charge in [0, 0.05) is 10.0 Å². The summed E-state index contributed by atoms with van der Waals surface area (Å²) in [6, 6.07) is 2.50. The van der Waals surface area contributed by atoms with Gasteiger partial charge < -0.3 is 10.8 Å². The number of aliphatic carboxylic acids is 1. The highest BCUT2D eigenvalue weighted by Crippen LogP contribution is 2.28. The molecule has 0 amide bonds. The molecule has 1 aromatic rings. The van der Waals surface area contributed by atoms with E-state index in [0.717, 1.165) is 6.07 Å². The highest BCUT2D eigenvalue weighted by atomic mass is 79.9. The first-order chi connectivity index (χ1) is 9.32. The third-order valence-electron chi connectivity index (χ3n) is 2.74. The van der Waals surface area contributed by atoms with Crippen molar-refractivity contribution in [3.8, 4) is 0 Å². The van der Waals surface area contributed by atoms with Crippen molar-refractivity contribution in [2.45, 2.75) is 12.2 Å². The van der Waals surface area contributed by atoms with Crippen molar-refractivity contribution in [3.05, 3.63) is 44.8 Å². The van der Waals surface area contributed by atoms with Crippen LogP contribution in [-0.4, -0.2) is 29.0 Å². The summed E-state index contributed by atoms with van der Waals surface area (Å²) in [6.45, 7) is 0. The molecule has 0 saturated carbocycles. The van der Waals surface area contributed by atoms with Gasteiger partial charge >= 0.3 is 5.97 Å². The lowest BCUT2D eigenvalue weighted by Gasteiger charge is -2.24. The molecule has 1 aliphatic heterocycles. The average Bonchev–Trinajstić information content (AvgIpc) is 2.37. The van der Waals surface area contributed by atoms with Gasteiger partial charge in [-0.05, 0) is 18.2 Å². The second-order valence-corrected chi connectivity index (χ2v) is 5.37. The van der Waals surface area contributed by atoms with Gasteiger partial charge in [-0.25, -0.2) is 18.6 Å². The van der Waals surface area contributed by atoms with E-state index in [-0.39, 0.29) is 11.3 Å². The summed E-state index contributed by atoms with van der Waals surface area (Å²) in [5, 5.41) is 8.57. The van der Waals surface area contributed by atoms with Crippen molar-refractivity contribution in [1.82, 2.24) is 0 Å². The smallest absolute Gasteiger partial charge is 0.355 e. The van der Waals surface area contributed by atoms with Gasteiger partial charge in [-0.1, -0.05) is 27.5 Å². The summed E-state index contributed by atoms with van der Waals surface area (Å²) in [4.78, 5) is 14.6. The molecule has 4 nitrogen and oxygen atoms in total. The van der Waals surface area contributed by atoms with E-state index in [2.05, 4.69) is 20.9 Å². The number of aliphatic imine (C=N–C) groups is 1. The number of carboxylic acids is 1. The fraction of sp³-hybridized carbons (Fsp3) is 0.167. The van der Waals surface area contributed by atoms with Gasteiger partial charge in [0.1, 0.15) is 5.82 Å². The predicted molar refractivity (Wildman–Crippen MR) is 74.0 cm³/mol. The van der Waals surface area contributed by atoms with E-state index in [9.17, 15) is 13.6 Å². The van der Waals surface area contributed by atoms with E-state index >= 15 is 0 Å². The van der Waals surface area contributed by atoms with Crippen LogP contribution in [0.1, 0.15) is 5.56 Å². The molecule has 0 bridgehead atoms. The van der Waals surface area contributed by atoms with E-state index in [1.807, 2.05) is 0 Å². The van der Waals surface area contributed by atoms with E-state index in [1.165, 1.54) is 12.1 Å². The second kappa shape index (κ2) is 5.59. The average molecular weight is 366 g/mol. The summed E-state index contributed by atoms with van der Waals surface area (Å²) in [5.74, 6) is -2.19. The first kappa shape index (κ1) is 15.1. The van der Waals surface area contributed by atoms with Gasteiger partial charge in [0.2, 0.25) is 0 Å². The lowest BCUT2D eigenvalue weighted by atomic mass is 9.97. The van der Waals surface area contributed by atoms with Crippen LogP contribution in [-0.2, 0) is 4.79 Å². The molecule has 0 fully saturated rings. The Balaban J connectivity index is 2.60. The molecule has 0 radical (unpaired) electrons. The Hall–Kier alpha value is -1.31. The number of nitrogens with zero attached hydrogens (tertiary/aromatic N) is 1. The Morgan fingerprint density at radius 2 is 2.15 bits per heavy atom. The summed E-state index contributed by atoms with van der Waals surface area (Å²) < 4.78 is 28.5. The molecule has 0 saturated heterocycles. The molecular weight excluding hydrogens is 357 g/mol. The zero-order valence-corrected chi connectivity index (χ0v) is 12.1. The summed E-state index contributed by atoms with van der Waals surface area (Å²) in [5.41, 5.74) is 4.40. The largest absolute Gasteiger partial charge is 0.476 e. The Morgan fingerprint density at radius 3 is 2.70 bits per heavy atom. The maximum atomic E-state index is 14.1. The number of hydrogen-bond acceptors (Lipinski definition) is 3. The topological polar surface area (TPSA) is 75.7 Å². The van der Waals surface area contributed by atoms with E-state index in [0.29, 0.717) is 4.47 Å². The SMILES string of the molecule is NC1C(Cl)=C(C(=O)O)N=C(c2ccc(Br)cc2F)C1F. The summed E-state index contributed by atoms with van der Waals surface area (Å²) >= 11 is 8.74. The maximum Gasteiger partial charge on any atom is 0.355 e. The molecule has 2 rings (SSSR count). The van der Waals surface area contributed by atoms with Gasteiger partial charge in [0.15, 0.2) is 11.9 Å². The van der Waals surface area contributed by atoms with Crippen molar-refractivity contribution in [3.63, 3.8) is 0 Å². The van der Waals surface area contributed by atoms with Crippen molar-refractivity contribution >= 4 is 39.2 Å². The van der Waals surface area contributed by atoms with Gasteiger partial charge in [-0.2, -0.15) is 0 Å². The highest BCUT2D eigenvalue weighted by molar-refractivity contribution is 9.10. The van der Waals surface area contributed by atoms with Crippen LogP contribution >= 0.6 is 27.5 Å². The van der Waals surface area contributed by atoms with Crippen LogP contribution < -0.4 is 5.73 Å². The molecule has 2 unspecified atom stereocenters. The van der Waals surface area contributed by atoms with Gasteiger partial charge in [-0.3, -0.25) is 0 Å². The van der Waals surface area contributed by atoms with Crippen LogP contribution in [0, 0.1) is 5.82 Å². The Morgan fingerprint density at radius 1 is 1.50 bits per heavy atom. The molecule has 106 valence electrons. The second-order valence-electron chi connectivity index (χ2n) is 4.05. The molecule has 1 aliphatic rings. The molecule has 0 aliphatic carbocycles. The number of benzene rings is 1. The number of carbonyl (C=O) groups is 1. The number of halogens is 4. The van der Waals surface area contributed by atoms with Crippen molar-refractivity contribution in [1.29, 1.82) is 0 Å². The number of carboxylic acid groups (broad SMARTS) is 1. The minimum absolute atomic E-state index is 0.154. The third kappa shape index (κ3) is 2.61. The quantitative estimate of drug-likeness (QED) is 0.846. The summed E-state index contributed by atoms with van der Waals surface area (Å²) in [6.07, 6.45) is -1.89. The third-order valence-corrected chi connectivity index (χ3v) is 3.66.